The Bertz CT molecular complexity index is 1120. The first-order chi connectivity index (χ1) is 15.7. The van der Waals surface area contributed by atoms with Gasteiger partial charge in [0.25, 0.3) is 5.91 Å². The molecule has 172 valence electrons. The van der Waals surface area contributed by atoms with Crippen LogP contribution in [0.4, 0.5) is 17.6 Å². The minimum absolute atomic E-state index is 0.186. The third-order valence-corrected chi connectivity index (χ3v) is 5.41. The second kappa shape index (κ2) is 9.08. The number of alkyl halides is 3. The highest BCUT2D eigenvalue weighted by Gasteiger charge is 2.35. The van der Waals surface area contributed by atoms with Crippen molar-refractivity contribution in [1.29, 1.82) is 0 Å². The van der Waals surface area contributed by atoms with Crippen LogP contribution in [0.5, 0.6) is 6.01 Å². The van der Waals surface area contributed by atoms with Crippen LogP contribution in [-0.4, -0.2) is 49.4 Å². The van der Waals surface area contributed by atoms with E-state index in [4.69, 9.17) is 4.74 Å². The molecule has 0 bridgehead atoms. The molecule has 33 heavy (non-hydrogen) atoms. The number of likely N-dealkylation sites (tertiary alicyclic amines) is 1. The second-order valence-electron chi connectivity index (χ2n) is 7.56. The molecule has 0 spiro atoms. The van der Waals surface area contributed by atoms with Crippen LogP contribution in [0.25, 0.3) is 11.4 Å². The number of halogens is 4. The summed E-state index contributed by atoms with van der Waals surface area (Å²) in [6.07, 6.45) is -0.457. The summed E-state index contributed by atoms with van der Waals surface area (Å²) in [7, 11) is 0. The van der Waals surface area contributed by atoms with Crippen molar-refractivity contribution in [3.8, 4) is 17.4 Å². The number of amides is 1. The van der Waals surface area contributed by atoms with Crippen molar-refractivity contribution >= 4 is 5.91 Å². The van der Waals surface area contributed by atoms with Gasteiger partial charge in [-0.25, -0.2) is 24.3 Å². The zero-order chi connectivity index (χ0) is 23.6. The van der Waals surface area contributed by atoms with E-state index in [9.17, 15) is 22.4 Å². The van der Waals surface area contributed by atoms with E-state index in [0.717, 1.165) is 12.4 Å². The molecule has 1 aromatic carbocycles. The average molecular weight is 461 g/mol. The minimum atomic E-state index is -4.54. The molecule has 11 heteroatoms. The van der Waals surface area contributed by atoms with Gasteiger partial charge in [-0.05, 0) is 25.8 Å². The predicted octanol–water partition coefficient (Wildman–Crippen LogP) is 4.16. The third-order valence-electron chi connectivity index (χ3n) is 5.41. The van der Waals surface area contributed by atoms with Gasteiger partial charge in [0.15, 0.2) is 11.6 Å². The number of carbonyl (C=O) groups is 1. The Morgan fingerprint density at radius 2 is 1.73 bits per heavy atom. The predicted molar refractivity (Wildman–Crippen MR) is 109 cm³/mol. The number of nitrogens with zero attached hydrogens (tertiary/aromatic N) is 5. The molecular formula is C22H19F4N5O2. The normalized spacial score (nSPS) is 18.8. The number of hydrogen-bond donors (Lipinski definition) is 0. The molecule has 4 rings (SSSR count). The lowest BCUT2D eigenvalue weighted by molar-refractivity contribution is -0.138. The number of carbonyl (C=O) groups excluding carboxylic acids is 1. The van der Waals surface area contributed by atoms with Gasteiger partial charge >= 0.3 is 12.2 Å². The summed E-state index contributed by atoms with van der Waals surface area (Å²) in [6.45, 7) is 2.26. The molecular weight excluding hydrogens is 442 g/mol. The van der Waals surface area contributed by atoms with Gasteiger partial charge in [0.05, 0.1) is 29.6 Å². The molecule has 3 aromatic rings. The lowest BCUT2D eigenvalue weighted by atomic mass is 9.97. The van der Waals surface area contributed by atoms with Crippen LogP contribution in [0.3, 0.4) is 0 Å². The fourth-order valence-electron chi connectivity index (χ4n) is 3.68. The van der Waals surface area contributed by atoms with Gasteiger partial charge in [0.2, 0.25) is 0 Å². The van der Waals surface area contributed by atoms with Crippen molar-refractivity contribution in [1.82, 2.24) is 24.8 Å². The van der Waals surface area contributed by atoms with Gasteiger partial charge in [-0.3, -0.25) is 4.79 Å². The van der Waals surface area contributed by atoms with Crippen LogP contribution < -0.4 is 4.74 Å². The molecule has 7 nitrogen and oxygen atoms in total. The molecule has 0 saturated carbocycles. The monoisotopic (exact) mass is 461 g/mol. The standard InChI is InChI=1S/C22H19F4N5O2/c1-13-18(33-21-29-9-14(10-30-21)22(24,25)26)7-4-8-31(13)20(32)17-6-3-2-5-16(17)19-27-11-15(23)12-28-19/h2-3,5-6,9-13,18H,4,7-8H2,1H3/t13-,18+/m0/s1. The largest absolute Gasteiger partial charge is 0.458 e. The van der Waals surface area contributed by atoms with Crippen LogP contribution >= 0.6 is 0 Å². The highest BCUT2D eigenvalue weighted by Crippen LogP contribution is 2.30. The Balaban J connectivity index is 1.53. The lowest BCUT2D eigenvalue weighted by Gasteiger charge is -2.39. The van der Waals surface area contributed by atoms with E-state index < -0.39 is 29.7 Å². The first-order valence-electron chi connectivity index (χ1n) is 10.2. The Morgan fingerprint density at radius 1 is 1.06 bits per heavy atom. The second-order valence-corrected chi connectivity index (χ2v) is 7.56. The molecule has 1 amide bonds. The van der Waals surface area contributed by atoms with Gasteiger partial charge < -0.3 is 9.64 Å². The Hall–Kier alpha value is -3.63. The van der Waals surface area contributed by atoms with Gasteiger partial charge in [-0.15, -0.1) is 0 Å². The molecule has 0 aliphatic carbocycles. The topological polar surface area (TPSA) is 81.1 Å². The third kappa shape index (κ3) is 4.91. The van der Waals surface area contributed by atoms with Gasteiger partial charge in [0, 0.05) is 24.5 Å². The summed E-state index contributed by atoms with van der Waals surface area (Å²) in [5.74, 6) is -0.652. The molecule has 2 aromatic heterocycles. The molecule has 1 aliphatic heterocycles. The van der Waals surface area contributed by atoms with Crippen molar-refractivity contribution in [2.75, 3.05) is 6.54 Å². The lowest BCUT2D eigenvalue weighted by Crippen LogP contribution is -2.51. The zero-order valence-corrected chi connectivity index (χ0v) is 17.5. The highest BCUT2D eigenvalue weighted by atomic mass is 19.4. The van der Waals surface area contributed by atoms with Gasteiger partial charge in [-0.2, -0.15) is 13.2 Å². The van der Waals surface area contributed by atoms with E-state index in [1.165, 1.54) is 0 Å². The van der Waals surface area contributed by atoms with Crippen LogP contribution in [0.1, 0.15) is 35.7 Å². The minimum Gasteiger partial charge on any atom is -0.458 e. The molecule has 1 aliphatic rings. The van der Waals surface area contributed by atoms with Crippen LogP contribution in [0.15, 0.2) is 49.1 Å². The number of aromatic nitrogens is 4. The number of benzene rings is 1. The highest BCUT2D eigenvalue weighted by molar-refractivity contribution is 6.00. The van der Waals surface area contributed by atoms with E-state index in [2.05, 4.69) is 19.9 Å². The number of hydrogen-bond acceptors (Lipinski definition) is 6. The van der Waals surface area contributed by atoms with Gasteiger partial charge in [0.1, 0.15) is 6.10 Å². The maximum Gasteiger partial charge on any atom is 0.419 e. The maximum atomic E-state index is 13.4. The Kier molecular flexibility index (Phi) is 6.21. The molecule has 0 radical (unpaired) electrons. The molecule has 0 unspecified atom stereocenters. The molecule has 1 saturated heterocycles. The SMILES string of the molecule is C[C@H]1[C@H](Oc2ncc(C(F)(F)F)cn2)CCCN1C(=O)c1ccccc1-c1ncc(F)cn1. The quantitative estimate of drug-likeness (QED) is 0.543. The number of piperidine rings is 1. The summed E-state index contributed by atoms with van der Waals surface area (Å²) >= 11 is 0. The van der Waals surface area contributed by atoms with Crippen molar-refractivity contribution in [3.05, 3.63) is 66.0 Å². The summed E-state index contributed by atoms with van der Waals surface area (Å²) < 4.78 is 57.1. The summed E-state index contributed by atoms with van der Waals surface area (Å²) in [5.41, 5.74) is -0.158. The number of rotatable bonds is 4. The molecule has 0 N–H and O–H groups in total. The van der Waals surface area contributed by atoms with Crippen molar-refractivity contribution in [3.63, 3.8) is 0 Å². The van der Waals surface area contributed by atoms with E-state index in [1.54, 1.807) is 36.1 Å². The maximum absolute atomic E-state index is 13.4. The summed E-state index contributed by atoms with van der Waals surface area (Å²) in [4.78, 5) is 30.3. The van der Waals surface area contributed by atoms with Crippen molar-refractivity contribution in [2.24, 2.45) is 0 Å². The van der Waals surface area contributed by atoms with Crippen LogP contribution in [-0.2, 0) is 6.18 Å². The van der Waals surface area contributed by atoms with Crippen LogP contribution in [0.2, 0.25) is 0 Å². The average Bonchev–Trinajstić information content (AvgIpc) is 2.80. The van der Waals surface area contributed by atoms with E-state index in [1.807, 2.05) is 0 Å². The first kappa shape index (κ1) is 22.6. The Morgan fingerprint density at radius 3 is 2.39 bits per heavy atom. The van der Waals surface area contributed by atoms with Gasteiger partial charge in [-0.1, -0.05) is 18.2 Å². The number of ether oxygens (including phenoxy) is 1. The van der Waals surface area contributed by atoms with E-state index in [-0.39, 0.29) is 17.7 Å². The van der Waals surface area contributed by atoms with Crippen LogP contribution in [0, 0.1) is 5.82 Å². The molecule has 3 heterocycles. The van der Waals surface area contributed by atoms with Crippen molar-refractivity contribution < 1.29 is 27.1 Å². The molecule has 1 fully saturated rings. The summed E-state index contributed by atoms with van der Waals surface area (Å²) in [5, 5.41) is 0. The van der Waals surface area contributed by atoms with E-state index in [0.29, 0.717) is 42.9 Å². The molecule has 2 atom stereocenters. The smallest absolute Gasteiger partial charge is 0.419 e. The summed E-state index contributed by atoms with van der Waals surface area (Å²) in [6, 6.07) is 6.17. The van der Waals surface area contributed by atoms with E-state index >= 15 is 0 Å². The van der Waals surface area contributed by atoms with Crippen molar-refractivity contribution in [2.45, 2.75) is 38.1 Å². The fourth-order valence-corrected chi connectivity index (χ4v) is 3.68. The fraction of sp³-hybridized carbons (Fsp3) is 0.318. The zero-order valence-electron chi connectivity index (χ0n) is 17.5. The first-order valence-corrected chi connectivity index (χ1v) is 10.2. The Labute approximate surface area is 186 Å².